The second-order valence-electron chi connectivity index (χ2n) is 6.02. The standard InChI is InChI=1S/C15H23F3N6O/c1-4-19-13(25)10-23-5-7-24(8-6-23)14-20-11(15(16,17)18)9-12(21-14)22(2)3/h9H,4-8,10H2,1-3H3,(H,19,25). The zero-order chi connectivity index (χ0) is 18.6. The fourth-order valence-corrected chi connectivity index (χ4v) is 2.50. The van der Waals surface area contributed by atoms with Crippen LogP contribution in [0.3, 0.4) is 0 Å². The number of halogens is 3. The molecule has 1 aromatic heterocycles. The molecule has 0 spiro atoms. The predicted molar refractivity (Wildman–Crippen MR) is 88.7 cm³/mol. The summed E-state index contributed by atoms with van der Waals surface area (Å²) in [4.78, 5) is 24.7. The summed E-state index contributed by atoms with van der Waals surface area (Å²) >= 11 is 0. The van der Waals surface area contributed by atoms with E-state index in [4.69, 9.17) is 0 Å². The smallest absolute Gasteiger partial charge is 0.363 e. The Bertz CT molecular complexity index is 599. The summed E-state index contributed by atoms with van der Waals surface area (Å²) in [6.45, 7) is 4.77. The highest BCUT2D eigenvalue weighted by Gasteiger charge is 2.34. The minimum Gasteiger partial charge on any atom is -0.363 e. The third-order valence-electron chi connectivity index (χ3n) is 3.85. The normalized spacial score (nSPS) is 16.0. The maximum absolute atomic E-state index is 13.1. The molecule has 1 saturated heterocycles. The third kappa shape index (κ3) is 5.18. The molecule has 2 heterocycles. The SMILES string of the molecule is CCNC(=O)CN1CCN(c2nc(N(C)C)cc(C(F)(F)F)n2)CC1. The van der Waals surface area contributed by atoms with Crippen LogP contribution in [0, 0.1) is 0 Å². The van der Waals surface area contributed by atoms with E-state index in [1.54, 1.807) is 19.0 Å². The van der Waals surface area contributed by atoms with Gasteiger partial charge in [0, 0.05) is 52.9 Å². The first-order chi connectivity index (χ1) is 11.7. The number of hydrogen-bond donors (Lipinski definition) is 1. The van der Waals surface area contributed by atoms with Gasteiger partial charge in [0.05, 0.1) is 6.54 Å². The van der Waals surface area contributed by atoms with Gasteiger partial charge in [-0.15, -0.1) is 0 Å². The van der Waals surface area contributed by atoms with Crippen LogP contribution >= 0.6 is 0 Å². The Balaban J connectivity index is 2.09. The number of likely N-dealkylation sites (N-methyl/N-ethyl adjacent to an activating group) is 1. The lowest BCUT2D eigenvalue weighted by molar-refractivity contribution is -0.141. The van der Waals surface area contributed by atoms with Gasteiger partial charge in [0.2, 0.25) is 11.9 Å². The van der Waals surface area contributed by atoms with E-state index in [0.717, 1.165) is 6.07 Å². The van der Waals surface area contributed by atoms with Crippen molar-refractivity contribution in [2.45, 2.75) is 13.1 Å². The van der Waals surface area contributed by atoms with Crippen LogP contribution < -0.4 is 15.1 Å². The fraction of sp³-hybridized carbons (Fsp3) is 0.667. The van der Waals surface area contributed by atoms with Gasteiger partial charge in [-0.2, -0.15) is 18.2 Å². The van der Waals surface area contributed by atoms with Crippen molar-refractivity contribution in [3.63, 3.8) is 0 Å². The van der Waals surface area contributed by atoms with Crippen LogP contribution in [0.15, 0.2) is 6.07 Å². The van der Waals surface area contributed by atoms with Crippen molar-refractivity contribution in [2.75, 3.05) is 63.2 Å². The molecular weight excluding hydrogens is 337 g/mol. The number of nitrogens with zero attached hydrogens (tertiary/aromatic N) is 5. The molecule has 1 aromatic rings. The van der Waals surface area contributed by atoms with Crippen molar-refractivity contribution in [3.05, 3.63) is 11.8 Å². The number of carbonyl (C=O) groups excluding carboxylic acids is 1. The largest absolute Gasteiger partial charge is 0.433 e. The monoisotopic (exact) mass is 360 g/mol. The molecule has 10 heteroatoms. The van der Waals surface area contributed by atoms with Gasteiger partial charge in [0.25, 0.3) is 0 Å². The van der Waals surface area contributed by atoms with Crippen LogP contribution in [0.5, 0.6) is 0 Å². The number of amides is 1. The van der Waals surface area contributed by atoms with Gasteiger partial charge in [-0.25, -0.2) is 4.98 Å². The number of carbonyl (C=O) groups is 1. The van der Waals surface area contributed by atoms with Crippen molar-refractivity contribution in [3.8, 4) is 0 Å². The molecule has 0 atom stereocenters. The molecule has 7 nitrogen and oxygen atoms in total. The van der Waals surface area contributed by atoms with E-state index in [1.807, 2.05) is 11.8 Å². The summed E-state index contributed by atoms with van der Waals surface area (Å²) in [7, 11) is 3.27. The van der Waals surface area contributed by atoms with Crippen molar-refractivity contribution < 1.29 is 18.0 Å². The maximum Gasteiger partial charge on any atom is 0.433 e. The van der Waals surface area contributed by atoms with Gasteiger partial charge >= 0.3 is 6.18 Å². The van der Waals surface area contributed by atoms with Crippen LogP contribution in [-0.2, 0) is 11.0 Å². The molecule has 1 aliphatic heterocycles. The van der Waals surface area contributed by atoms with Crippen molar-refractivity contribution >= 4 is 17.7 Å². The molecule has 140 valence electrons. The summed E-state index contributed by atoms with van der Waals surface area (Å²) in [5.41, 5.74) is -0.953. The Kier molecular flexibility index (Phi) is 6.04. The van der Waals surface area contributed by atoms with E-state index in [9.17, 15) is 18.0 Å². The predicted octanol–water partition coefficient (Wildman–Crippen LogP) is 0.820. The van der Waals surface area contributed by atoms with E-state index in [1.165, 1.54) is 4.90 Å². The first kappa shape index (κ1) is 19.2. The number of piperazine rings is 1. The van der Waals surface area contributed by atoms with Gasteiger partial charge < -0.3 is 15.1 Å². The topological polar surface area (TPSA) is 64.6 Å². The summed E-state index contributed by atoms with van der Waals surface area (Å²) in [5.74, 6) is 0.222. The Morgan fingerprint density at radius 2 is 1.88 bits per heavy atom. The highest BCUT2D eigenvalue weighted by Crippen LogP contribution is 2.31. The van der Waals surface area contributed by atoms with Gasteiger partial charge in [-0.1, -0.05) is 0 Å². The fourth-order valence-electron chi connectivity index (χ4n) is 2.50. The first-order valence-corrected chi connectivity index (χ1v) is 8.08. The van der Waals surface area contributed by atoms with E-state index in [2.05, 4.69) is 15.3 Å². The highest BCUT2D eigenvalue weighted by atomic mass is 19.4. The van der Waals surface area contributed by atoms with Gasteiger partial charge in [-0.05, 0) is 6.92 Å². The molecule has 0 bridgehead atoms. The molecular formula is C15H23F3N6O. The summed E-state index contributed by atoms with van der Waals surface area (Å²) in [6.07, 6.45) is -4.53. The van der Waals surface area contributed by atoms with Crippen LogP contribution in [0.1, 0.15) is 12.6 Å². The van der Waals surface area contributed by atoms with Crippen molar-refractivity contribution in [1.82, 2.24) is 20.2 Å². The molecule has 25 heavy (non-hydrogen) atoms. The minimum atomic E-state index is -4.53. The van der Waals surface area contributed by atoms with E-state index in [-0.39, 0.29) is 24.2 Å². The lowest BCUT2D eigenvalue weighted by Crippen LogP contribution is -2.50. The average molecular weight is 360 g/mol. The molecule has 1 aliphatic rings. The quantitative estimate of drug-likeness (QED) is 0.839. The van der Waals surface area contributed by atoms with Crippen molar-refractivity contribution in [1.29, 1.82) is 0 Å². The van der Waals surface area contributed by atoms with Crippen LogP contribution in [0.4, 0.5) is 24.9 Å². The third-order valence-corrected chi connectivity index (χ3v) is 3.85. The number of rotatable bonds is 5. The van der Waals surface area contributed by atoms with E-state index < -0.39 is 11.9 Å². The number of alkyl halides is 3. The minimum absolute atomic E-state index is 0.0545. The second-order valence-corrected chi connectivity index (χ2v) is 6.02. The molecule has 1 N–H and O–H groups in total. The zero-order valence-corrected chi connectivity index (χ0v) is 14.6. The van der Waals surface area contributed by atoms with E-state index >= 15 is 0 Å². The lowest BCUT2D eigenvalue weighted by Gasteiger charge is -2.34. The molecule has 0 unspecified atom stereocenters. The van der Waals surface area contributed by atoms with Crippen molar-refractivity contribution in [2.24, 2.45) is 0 Å². The summed E-state index contributed by atoms with van der Waals surface area (Å²) < 4.78 is 39.2. The molecule has 0 aliphatic carbocycles. The van der Waals surface area contributed by atoms with Crippen LogP contribution in [0.2, 0.25) is 0 Å². The van der Waals surface area contributed by atoms with Crippen LogP contribution in [0.25, 0.3) is 0 Å². The first-order valence-electron chi connectivity index (χ1n) is 8.08. The number of nitrogens with one attached hydrogen (secondary N) is 1. The van der Waals surface area contributed by atoms with Crippen LogP contribution in [-0.4, -0.2) is 74.1 Å². The van der Waals surface area contributed by atoms with E-state index in [0.29, 0.717) is 32.7 Å². The molecule has 0 saturated carbocycles. The molecule has 2 rings (SSSR count). The van der Waals surface area contributed by atoms with Gasteiger partial charge in [-0.3, -0.25) is 9.69 Å². The molecule has 0 radical (unpaired) electrons. The van der Waals surface area contributed by atoms with Gasteiger partial charge in [0.15, 0.2) is 5.69 Å². The number of hydrogen-bond acceptors (Lipinski definition) is 6. The molecule has 1 amide bonds. The molecule has 1 fully saturated rings. The lowest BCUT2D eigenvalue weighted by atomic mass is 10.3. The zero-order valence-electron chi connectivity index (χ0n) is 14.6. The summed E-state index contributed by atoms with van der Waals surface area (Å²) in [5, 5.41) is 2.73. The Labute approximate surface area is 144 Å². The Morgan fingerprint density at radius 3 is 2.40 bits per heavy atom. The highest BCUT2D eigenvalue weighted by molar-refractivity contribution is 5.77. The number of aromatic nitrogens is 2. The second kappa shape index (κ2) is 7.85. The Morgan fingerprint density at radius 1 is 1.24 bits per heavy atom. The average Bonchev–Trinajstić information content (AvgIpc) is 2.54. The summed E-state index contributed by atoms with van der Waals surface area (Å²) in [6, 6.07) is 0.939. The van der Waals surface area contributed by atoms with Gasteiger partial charge in [0.1, 0.15) is 5.82 Å². The Hall–Kier alpha value is -2.10. The molecule has 0 aromatic carbocycles. The number of anilines is 2. The maximum atomic E-state index is 13.1.